The lowest BCUT2D eigenvalue weighted by Gasteiger charge is -2.39. The lowest BCUT2D eigenvalue weighted by atomic mass is 9.85. The molecule has 0 bridgehead atoms. The third-order valence-corrected chi connectivity index (χ3v) is 7.68. The molecule has 1 heterocycles. The second-order valence-electron chi connectivity index (χ2n) is 7.51. The minimum absolute atomic E-state index is 0.295. The van der Waals surface area contributed by atoms with Crippen LogP contribution >= 0.6 is 11.6 Å². The van der Waals surface area contributed by atoms with E-state index in [-0.39, 0.29) is 6.04 Å². The van der Waals surface area contributed by atoms with Crippen LogP contribution in [0.4, 0.5) is 5.69 Å². The first-order valence-electron chi connectivity index (χ1n) is 10.00. The van der Waals surface area contributed by atoms with Crippen LogP contribution in [0.1, 0.15) is 30.0 Å². The highest BCUT2D eigenvalue weighted by molar-refractivity contribution is 7.92. The molecule has 1 atom stereocenters. The minimum atomic E-state index is -3.74. The fraction of sp³-hybridized carbons (Fsp3) is 0.200. The van der Waals surface area contributed by atoms with Gasteiger partial charge in [0.25, 0.3) is 10.0 Å². The molecule has 4 rings (SSSR count). The lowest BCUT2D eigenvalue weighted by molar-refractivity contribution is 0.584. The summed E-state index contributed by atoms with van der Waals surface area (Å²) in [4.78, 5) is 0.295. The zero-order valence-corrected chi connectivity index (χ0v) is 18.6. The number of benzene rings is 3. The Morgan fingerprint density at radius 1 is 0.900 bits per heavy atom. The Bertz CT molecular complexity index is 1190. The molecular formula is C25H24ClNO2S. The topological polar surface area (TPSA) is 37.4 Å². The minimum Gasteiger partial charge on any atom is -0.259 e. The van der Waals surface area contributed by atoms with Crippen molar-refractivity contribution >= 4 is 32.9 Å². The van der Waals surface area contributed by atoms with Gasteiger partial charge in [0.05, 0.1) is 16.6 Å². The number of fused-ring (bicyclic) bond motifs is 1. The highest BCUT2D eigenvalue weighted by Gasteiger charge is 2.38. The molecule has 0 fully saturated rings. The van der Waals surface area contributed by atoms with Crippen molar-refractivity contribution in [3.8, 4) is 0 Å². The number of anilines is 1. The smallest absolute Gasteiger partial charge is 0.259 e. The highest BCUT2D eigenvalue weighted by Crippen LogP contribution is 2.44. The van der Waals surface area contributed by atoms with Crippen LogP contribution in [0.3, 0.4) is 0 Å². The van der Waals surface area contributed by atoms with E-state index in [2.05, 4.69) is 12.1 Å². The number of hydrogen-bond acceptors (Lipinski definition) is 2. The average Bonchev–Trinajstić information content (AvgIpc) is 2.75. The zero-order chi connectivity index (χ0) is 21.3. The second-order valence-corrected chi connectivity index (χ2v) is 9.71. The third kappa shape index (κ3) is 3.55. The average molecular weight is 438 g/mol. The van der Waals surface area contributed by atoms with Gasteiger partial charge in [0.15, 0.2) is 0 Å². The van der Waals surface area contributed by atoms with E-state index in [1.54, 1.807) is 16.4 Å². The molecule has 3 aromatic rings. The summed E-state index contributed by atoms with van der Waals surface area (Å²) >= 11 is 6.17. The van der Waals surface area contributed by atoms with Crippen LogP contribution < -0.4 is 4.31 Å². The summed E-state index contributed by atoms with van der Waals surface area (Å²) in [6, 6.07) is 24.5. The SMILES string of the molecule is Cc1ccc(S(=O)(=O)N2c3ccccc3C(c3ccccc3)=C(CCCl)[C@H]2C)cc1. The maximum Gasteiger partial charge on any atom is 0.264 e. The van der Waals surface area contributed by atoms with Crippen molar-refractivity contribution in [2.45, 2.75) is 31.2 Å². The van der Waals surface area contributed by atoms with Crippen molar-refractivity contribution < 1.29 is 8.42 Å². The number of para-hydroxylation sites is 1. The molecule has 0 saturated carbocycles. The molecule has 30 heavy (non-hydrogen) atoms. The number of alkyl halides is 1. The lowest BCUT2D eigenvalue weighted by Crippen LogP contribution is -2.43. The Morgan fingerprint density at radius 3 is 2.20 bits per heavy atom. The molecule has 0 amide bonds. The Balaban J connectivity index is 1.96. The molecule has 0 unspecified atom stereocenters. The normalized spacial score (nSPS) is 16.5. The summed E-state index contributed by atoms with van der Waals surface area (Å²) in [7, 11) is -3.74. The van der Waals surface area contributed by atoms with Gasteiger partial charge in [0.2, 0.25) is 0 Å². The molecule has 0 N–H and O–H groups in total. The third-order valence-electron chi connectivity index (χ3n) is 5.59. The Kier molecular flexibility index (Phi) is 5.72. The van der Waals surface area contributed by atoms with E-state index in [0.29, 0.717) is 22.9 Å². The van der Waals surface area contributed by atoms with Gasteiger partial charge in [0.1, 0.15) is 0 Å². The molecule has 3 nitrogen and oxygen atoms in total. The van der Waals surface area contributed by atoms with Gasteiger partial charge in [-0.05, 0) is 55.2 Å². The molecule has 0 spiro atoms. The van der Waals surface area contributed by atoms with Crippen LogP contribution in [0.2, 0.25) is 0 Å². The van der Waals surface area contributed by atoms with Gasteiger partial charge >= 0.3 is 0 Å². The molecule has 3 aromatic carbocycles. The van der Waals surface area contributed by atoms with Crippen LogP contribution in [0, 0.1) is 6.92 Å². The number of nitrogens with zero attached hydrogens (tertiary/aromatic N) is 1. The fourth-order valence-electron chi connectivity index (χ4n) is 4.15. The molecule has 154 valence electrons. The van der Waals surface area contributed by atoms with E-state index < -0.39 is 10.0 Å². The fourth-order valence-corrected chi connectivity index (χ4v) is 6.02. The second kappa shape index (κ2) is 8.29. The first-order chi connectivity index (χ1) is 14.4. The van der Waals surface area contributed by atoms with Crippen LogP contribution in [-0.4, -0.2) is 20.3 Å². The molecule has 0 aliphatic carbocycles. The summed E-state index contributed by atoms with van der Waals surface area (Å²) in [5, 5.41) is 0. The molecular weight excluding hydrogens is 414 g/mol. The predicted molar refractivity (Wildman–Crippen MR) is 125 cm³/mol. The van der Waals surface area contributed by atoms with Gasteiger partial charge in [-0.15, -0.1) is 11.6 Å². The maximum atomic E-state index is 13.7. The van der Waals surface area contributed by atoms with Crippen molar-refractivity contribution in [3.63, 3.8) is 0 Å². The van der Waals surface area contributed by atoms with Crippen molar-refractivity contribution in [2.24, 2.45) is 0 Å². The van der Waals surface area contributed by atoms with Crippen LogP contribution in [0.25, 0.3) is 5.57 Å². The molecule has 0 aromatic heterocycles. The van der Waals surface area contributed by atoms with Crippen molar-refractivity contribution in [3.05, 3.63) is 101 Å². The van der Waals surface area contributed by atoms with Crippen molar-refractivity contribution in [1.82, 2.24) is 0 Å². The van der Waals surface area contributed by atoms with Crippen molar-refractivity contribution in [2.75, 3.05) is 10.2 Å². The van der Waals surface area contributed by atoms with Crippen LogP contribution in [0.5, 0.6) is 0 Å². The quantitative estimate of drug-likeness (QED) is 0.457. The molecule has 0 saturated heterocycles. The van der Waals surface area contributed by atoms with Gasteiger partial charge in [0, 0.05) is 11.4 Å². The van der Waals surface area contributed by atoms with E-state index in [0.717, 1.165) is 27.8 Å². The van der Waals surface area contributed by atoms with E-state index in [1.165, 1.54) is 0 Å². The first-order valence-corrected chi connectivity index (χ1v) is 12.0. The highest BCUT2D eigenvalue weighted by atomic mass is 35.5. The van der Waals surface area contributed by atoms with Crippen LogP contribution in [0.15, 0.2) is 89.3 Å². The Hall–Kier alpha value is -2.56. The van der Waals surface area contributed by atoms with E-state index in [4.69, 9.17) is 11.6 Å². The van der Waals surface area contributed by atoms with E-state index in [9.17, 15) is 8.42 Å². The number of sulfonamides is 1. The molecule has 1 aliphatic heterocycles. The van der Waals surface area contributed by atoms with E-state index >= 15 is 0 Å². The first kappa shape index (κ1) is 20.7. The Morgan fingerprint density at radius 2 is 1.53 bits per heavy atom. The summed E-state index contributed by atoms with van der Waals surface area (Å²) in [5.41, 5.74) is 5.82. The molecule has 0 radical (unpaired) electrons. The summed E-state index contributed by atoms with van der Waals surface area (Å²) < 4.78 is 29.0. The van der Waals surface area contributed by atoms with Gasteiger partial charge in [-0.1, -0.05) is 66.2 Å². The van der Waals surface area contributed by atoms with Gasteiger partial charge < -0.3 is 0 Å². The number of hydrogen-bond donors (Lipinski definition) is 0. The van der Waals surface area contributed by atoms with Gasteiger partial charge in [-0.3, -0.25) is 4.31 Å². The van der Waals surface area contributed by atoms with Crippen LogP contribution in [-0.2, 0) is 10.0 Å². The summed E-state index contributed by atoms with van der Waals surface area (Å²) in [6.45, 7) is 3.90. The predicted octanol–water partition coefficient (Wildman–Crippen LogP) is 6.02. The molecule has 5 heteroatoms. The zero-order valence-electron chi connectivity index (χ0n) is 17.0. The van der Waals surface area contributed by atoms with E-state index in [1.807, 2.05) is 68.4 Å². The Labute approximate surface area is 183 Å². The van der Waals surface area contributed by atoms with Gasteiger partial charge in [-0.25, -0.2) is 8.42 Å². The number of rotatable bonds is 5. The standard InChI is InChI=1S/C25H24ClNO2S/c1-18-12-14-21(15-13-18)30(28,29)27-19(2)22(16-17-26)25(20-8-4-3-5-9-20)23-10-6-7-11-24(23)27/h3-15,19H,16-17H2,1-2H3/t19-/m1/s1. The van der Waals surface area contributed by atoms with Gasteiger partial charge in [-0.2, -0.15) is 0 Å². The number of aryl methyl sites for hydroxylation is 1. The summed E-state index contributed by atoms with van der Waals surface area (Å²) in [6.07, 6.45) is 0.612. The maximum absolute atomic E-state index is 13.7. The summed E-state index contributed by atoms with van der Waals surface area (Å²) in [5.74, 6) is 0.427. The molecule has 1 aliphatic rings. The monoisotopic (exact) mass is 437 g/mol. The number of halogens is 1. The van der Waals surface area contributed by atoms with Crippen molar-refractivity contribution in [1.29, 1.82) is 0 Å². The largest absolute Gasteiger partial charge is 0.264 e.